The van der Waals surface area contributed by atoms with Crippen LogP contribution >= 0.6 is 0 Å². The number of nitrogens with two attached hydrogens (primary N) is 1. The van der Waals surface area contributed by atoms with Gasteiger partial charge >= 0.3 is 7.12 Å². The van der Waals surface area contributed by atoms with Crippen LogP contribution in [0.4, 0.5) is 0 Å². The Hall–Kier alpha value is -0.0551. The van der Waals surface area contributed by atoms with Gasteiger partial charge in [0, 0.05) is 0 Å². The zero-order chi connectivity index (χ0) is 10.6. The fourth-order valence-electron chi connectivity index (χ4n) is 1.90. The van der Waals surface area contributed by atoms with Gasteiger partial charge in [-0.3, -0.25) is 0 Å². The first kappa shape index (κ1) is 10.5. The minimum Gasteiger partial charge on any atom is -0.402 e. The van der Waals surface area contributed by atoms with E-state index in [1.807, 2.05) is 0 Å². The summed E-state index contributed by atoms with van der Waals surface area (Å²) in [7, 11) is -0.221. The molecule has 2 aliphatic rings. The molecule has 0 spiro atoms. The Balaban J connectivity index is 2.13. The molecule has 1 saturated carbocycles. The Labute approximate surface area is 86.5 Å². The summed E-state index contributed by atoms with van der Waals surface area (Å²) < 4.78 is 11.8. The Morgan fingerprint density at radius 1 is 1.00 bits per heavy atom. The van der Waals surface area contributed by atoms with Crippen molar-refractivity contribution in [2.45, 2.75) is 63.6 Å². The molecular weight excluding hydrogens is 177 g/mol. The van der Waals surface area contributed by atoms with Crippen LogP contribution < -0.4 is 5.73 Å². The fourth-order valence-corrected chi connectivity index (χ4v) is 1.90. The summed E-state index contributed by atoms with van der Waals surface area (Å²) in [5.41, 5.74) is 5.47. The first-order chi connectivity index (χ1) is 6.27. The highest BCUT2D eigenvalue weighted by molar-refractivity contribution is 6.50. The van der Waals surface area contributed by atoms with Crippen molar-refractivity contribution in [2.75, 3.05) is 0 Å². The molecule has 0 radical (unpaired) electrons. The van der Waals surface area contributed by atoms with Gasteiger partial charge in [-0.15, -0.1) is 0 Å². The third kappa shape index (κ3) is 1.32. The minimum atomic E-state index is -0.250. The molecule has 1 saturated heterocycles. The second kappa shape index (κ2) is 2.74. The molecule has 0 aromatic heterocycles. The summed E-state index contributed by atoms with van der Waals surface area (Å²) in [6, 6.07) is 0. The van der Waals surface area contributed by atoms with Crippen LogP contribution in [-0.4, -0.2) is 23.8 Å². The minimum absolute atomic E-state index is 0.221. The van der Waals surface area contributed by atoms with Gasteiger partial charge in [-0.25, -0.2) is 0 Å². The molecule has 0 amide bonds. The van der Waals surface area contributed by atoms with Crippen LogP contribution in [0.25, 0.3) is 0 Å². The Bertz CT molecular complexity index is 233. The summed E-state index contributed by atoms with van der Waals surface area (Å²) in [6.45, 7) is 8.26. The molecular formula is C10H20BNO2. The molecule has 0 bridgehead atoms. The molecule has 2 N–H and O–H groups in total. The van der Waals surface area contributed by atoms with Crippen molar-refractivity contribution in [1.29, 1.82) is 0 Å². The van der Waals surface area contributed by atoms with Gasteiger partial charge in [0.2, 0.25) is 0 Å². The summed E-state index contributed by atoms with van der Waals surface area (Å²) >= 11 is 0. The van der Waals surface area contributed by atoms with Crippen molar-refractivity contribution in [1.82, 2.24) is 0 Å². The lowest BCUT2D eigenvalue weighted by Gasteiger charge is -2.39. The van der Waals surface area contributed by atoms with E-state index in [1.54, 1.807) is 0 Å². The summed E-state index contributed by atoms with van der Waals surface area (Å²) in [4.78, 5) is 0. The maximum absolute atomic E-state index is 6.20. The average Bonchev–Trinajstić information content (AvgIpc) is 2.17. The van der Waals surface area contributed by atoms with E-state index in [1.165, 1.54) is 6.42 Å². The first-order valence-corrected chi connectivity index (χ1v) is 5.41. The molecule has 0 aromatic carbocycles. The molecule has 0 unspecified atom stereocenters. The normalized spacial score (nSPS) is 32.8. The van der Waals surface area contributed by atoms with Crippen molar-refractivity contribution in [2.24, 2.45) is 5.73 Å². The van der Waals surface area contributed by atoms with Crippen LogP contribution in [-0.2, 0) is 9.31 Å². The van der Waals surface area contributed by atoms with E-state index in [-0.39, 0.29) is 23.8 Å². The molecule has 2 fully saturated rings. The summed E-state index contributed by atoms with van der Waals surface area (Å²) in [6.07, 6.45) is 3.23. The lowest BCUT2D eigenvalue weighted by atomic mass is 9.54. The van der Waals surface area contributed by atoms with Crippen molar-refractivity contribution in [3.63, 3.8) is 0 Å². The van der Waals surface area contributed by atoms with Crippen molar-refractivity contribution in [3.05, 3.63) is 0 Å². The van der Waals surface area contributed by atoms with Crippen LogP contribution in [0.3, 0.4) is 0 Å². The van der Waals surface area contributed by atoms with E-state index >= 15 is 0 Å². The van der Waals surface area contributed by atoms with E-state index in [2.05, 4.69) is 27.7 Å². The van der Waals surface area contributed by atoms with E-state index < -0.39 is 0 Å². The van der Waals surface area contributed by atoms with Crippen molar-refractivity contribution < 1.29 is 9.31 Å². The van der Waals surface area contributed by atoms with E-state index in [0.29, 0.717) is 0 Å². The SMILES string of the molecule is CC1(C)OB(C2(N)CCC2)OC1(C)C. The number of rotatable bonds is 1. The molecule has 80 valence electrons. The lowest BCUT2D eigenvalue weighted by molar-refractivity contribution is 0.00578. The average molecular weight is 197 g/mol. The van der Waals surface area contributed by atoms with Gasteiger partial charge < -0.3 is 15.0 Å². The predicted octanol–water partition coefficient (Wildman–Crippen LogP) is 1.50. The fraction of sp³-hybridized carbons (Fsp3) is 1.00. The van der Waals surface area contributed by atoms with Gasteiger partial charge in [0.25, 0.3) is 0 Å². The zero-order valence-electron chi connectivity index (χ0n) is 9.59. The second-order valence-corrected chi connectivity index (χ2v) is 5.67. The van der Waals surface area contributed by atoms with Crippen LogP contribution in [0.15, 0.2) is 0 Å². The molecule has 0 aromatic rings. The third-order valence-corrected chi connectivity index (χ3v) is 4.01. The van der Waals surface area contributed by atoms with E-state index in [9.17, 15) is 0 Å². The summed E-state index contributed by atoms with van der Waals surface area (Å²) in [5.74, 6) is 0. The molecule has 4 heteroatoms. The summed E-state index contributed by atoms with van der Waals surface area (Å²) in [5, 5.41) is 0. The predicted molar refractivity (Wildman–Crippen MR) is 56.9 cm³/mol. The molecule has 14 heavy (non-hydrogen) atoms. The monoisotopic (exact) mass is 197 g/mol. The van der Waals surface area contributed by atoms with Crippen LogP contribution in [0.5, 0.6) is 0 Å². The largest absolute Gasteiger partial charge is 0.479 e. The topological polar surface area (TPSA) is 44.5 Å². The van der Waals surface area contributed by atoms with Gasteiger partial charge in [0.1, 0.15) is 0 Å². The Morgan fingerprint density at radius 2 is 1.43 bits per heavy atom. The lowest BCUT2D eigenvalue weighted by Crippen LogP contribution is -2.60. The van der Waals surface area contributed by atoms with Gasteiger partial charge in [-0.2, -0.15) is 0 Å². The van der Waals surface area contributed by atoms with E-state index in [0.717, 1.165) is 12.8 Å². The Kier molecular flexibility index (Phi) is 2.05. The second-order valence-electron chi connectivity index (χ2n) is 5.67. The van der Waals surface area contributed by atoms with Crippen molar-refractivity contribution >= 4 is 7.12 Å². The number of hydrogen-bond donors (Lipinski definition) is 1. The highest BCUT2D eigenvalue weighted by atomic mass is 16.7. The van der Waals surface area contributed by atoms with Crippen molar-refractivity contribution in [3.8, 4) is 0 Å². The molecule has 2 rings (SSSR count). The molecule has 1 aliphatic carbocycles. The quantitative estimate of drug-likeness (QED) is 0.648. The van der Waals surface area contributed by atoms with Gasteiger partial charge in [0.15, 0.2) is 0 Å². The maximum atomic E-state index is 6.20. The smallest absolute Gasteiger partial charge is 0.402 e. The Morgan fingerprint density at radius 3 is 1.71 bits per heavy atom. The zero-order valence-corrected chi connectivity index (χ0v) is 9.59. The van der Waals surface area contributed by atoms with Crippen LogP contribution in [0.2, 0.25) is 0 Å². The third-order valence-electron chi connectivity index (χ3n) is 4.01. The standard InChI is InChI=1S/C10H20BNO2/c1-8(2)9(3,4)14-11(13-8)10(12)6-5-7-10/h5-7,12H2,1-4H3. The van der Waals surface area contributed by atoms with E-state index in [4.69, 9.17) is 15.0 Å². The van der Waals surface area contributed by atoms with Crippen LogP contribution in [0, 0.1) is 0 Å². The highest BCUT2D eigenvalue weighted by Crippen LogP contribution is 2.43. The molecule has 0 atom stereocenters. The first-order valence-electron chi connectivity index (χ1n) is 5.41. The van der Waals surface area contributed by atoms with Gasteiger partial charge in [-0.05, 0) is 40.5 Å². The maximum Gasteiger partial charge on any atom is 0.479 e. The highest BCUT2D eigenvalue weighted by Gasteiger charge is 2.59. The molecule has 3 nitrogen and oxygen atoms in total. The molecule has 1 heterocycles. The molecule has 1 aliphatic heterocycles. The number of hydrogen-bond acceptors (Lipinski definition) is 3. The van der Waals surface area contributed by atoms with Gasteiger partial charge in [0.05, 0.1) is 16.6 Å². The van der Waals surface area contributed by atoms with Gasteiger partial charge in [-0.1, -0.05) is 6.42 Å². The van der Waals surface area contributed by atoms with Crippen LogP contribution in [0.1, 0.15) is 47.0 Å².